The number of benzene rings is 2. The number of hydrogen-bond acceptors (Lipinski definition) is 3. The molecule has 0 saturated carbocycles. The summed E-state index contributed by atoms with van der Waals surface area (Å²) < 4.78 is 1.67. The molecule has 1 aliphatic heterocycles. The van der Waals surface area contributed by atoms with Crippen LogP contribution in [0.3, 0.4) is 0 Å². The van der Waals surface area contributed by atoms with E-state index in [2.05, 4.69) is 16.5 Å². The van der Waals surface area contributed by atoms with Crippen molar-refractivity contribution in [1.82, 2.24) is 20.0 Å². The molecular weight excluding hydrogens is 376 g/mol. The summed E-state index contributed by atoms with van der Waals surface area (Å²) in [6.07, 6.45) is 0.802. The number of nitrogens with one attached hydrogen (secondary N) is 1. The molecule has 6 heteroatoms. The van der Waals surface area contributed by atoms with Gasteiger partial charge in [0.1, 0.15) is 5.69 Å². The van der Waals surface area contributed by atoms with Crippen molar-refractivity contribution in [3.63, 3.8) is 0 Å². The molecular formula is C24H26N4O2. The van der Waals surface area contributed by atoms with Gasteiger partial charge in [-0.15, -0.1) is 0 Å². The number of aryl methyl sites for hydroxylation is 3. The van der Waals surface area contributed by atoms with E-state index in [9.17, 15) is 9.59 Å². The zero-order valence-electron chi connectivity index (χ0n) is 17.4. The Morgan fingerprint density at radius 2 is 1.70 bits per heavy atom. The summed E-state index contributed by atoms with van der Waals surface area (Å²) in [7, 11) is 0. The second kappa shape index (κ2) is 8.53. The van der Waals surface area contributed by atoms with Crippen molar-refractivity contribution in [3.05, 3.63) is 88.2 Å². The molecule has 3 aromatic rings. The Kier molecular flexibility index (Phi) is 5.65. The van der Waals surface area contributed by atoms with Gasteiger partial charge in [-0.25, -0.2) is 0 Å². The van der Waals surface area contributed by atoms with E-state index in [1.165, 1.54) is 5.56 Å². The molecule has 0 fully saturated rings. The summed E-state index contributed by atoms with van der Waals surface area (Å²) in [5.74, 6) is -0.352. The molecule has 6 nitrogen and oxygen atoms in total. The fourth-order valence-electron chi connectivity index (χ4n) is 3.82. The molecule has 154 valence electrons. The highest BCUT2D eigenvalue weighted by molar-refractivity contribution is 5.98. The Morgan fingerprint density at radius 3 is 2.43 bits per heavy atom. The number of rotatable bonds is 5. The second-order valence-electron chi connectivity index (χ2n) is 7.88. The van der Waals surface area contributed by atoms with Gasteiger partial charge in [0, 0.05) is 32.2 Å². The van der Waals surface area contributed by atoms with E-state index in [4.69, 9.17) is 0 Å². The third-order valence-corrected chi connectivity index (χ3v) is 5.31. The Bertz CT molecular complexity index is 1090. The van der Waals surface area contributed by atoms with Crippen LogP contribution in [0, 0.1) is 13.8 Å². The SMILES string of the molecule is Cc1cccc(CNC(=O)c2cc3n(n2)CCCN(Cc2cccc(C)c2)C3=O)c1. The lowest BCUT2D eigenvalue weighted by Crippen LogP contribution is -2.30. The first-order chi connectivity index (χ1) is 14.5. The lowest BCUT2D eigenvalue weighted by Gasteiger charge is -2.20. The summed E-state index contributed by atoms with van der Waals surface area (Å²) in [6, 6.07) is 17.8. The maximum Gasteiger partial charge on any atom is 0.272 e. The fraction of sp³-hybridized carbons (Fsp3) is 0.292. The van der Waals surface area contributed by atoms with Crippen LogP contribution in [0.5, 0.6) is 0 Å². The number of carbonyl (C=O) groups excluding carboxylic acids is 2. The minimum absolute atomic E-state index is 0.0840. The third kappa shape index (κ3) is 4.43. The van der Waals surface area contributed by atoms with Crippen LogP contribution in [-0.2, 0) is 19.6 Å². The quantitative estimate of drug-likeness (QED) is 0.711. The van der Waals surface area contributed by atoms with Crippen molar-refractivity contribution in [2.45, 2.75) is 39.9 Å². The number of fused-ring (bicyclic) bond motifs is 1. The highest BCUT2D eigenvalue weighted by Crippen LogP contribution is 2.17. The van der Waals surface area contributed by atoms with E-state index in [0.717, 1.165) is 23.1 Å². The lowest BCUT2D eigenvalue weighted by atomic mass is 10.1. The van der Waals surface area contributed by atoms with Gasteiger partial charge >= 0.3 is 0 Å². The van der Waals surface area contributed by atoms with Crippen LogP contribution in [0.2, 0.25) is 0 Å². The van der Waals surface area contributed by atoms with Crippen molar-refractivity contribution in [1.29, 1.82) is 0 Å². The van der Waals surface area contributed by atoms with Crippen molar-refractivity contribution in [2.24, 2.45) is 0 Å². The molecule has 4 rings (SSSR count). The van der Waals surface area contributed by atoms with Gasteiger partial charge in [0.15, 0.2) is 5.69 Å². The average Bonchev–Trinajstić information content (AvgIpc) is 3.09. The number of carbonyl (C=O) groups is 2. The number of aromatic nitrogens is 2. The maximum atomic E-state index is 13.1. The van der Waals surface area contributed by atoms with Gasteiger partial charge in [0.05, 0.1) is 0 Å². The highest BCUT2D eigenvalue weighted by Gasteiger charge is 2.26. The highest BCUT2D eigenvalue weighted by atomic mass is 16.2. The molecule has 2 heterocycles. The Morgan fingerprint density at radius 1 is 1.00 bits per heavy atom. The van der Waals surface area contributed by atoms with Crippen LogP contribution >= 0.6 is 0 Å². The van der Waals surface area contributed by atoms with E-state index in [1.807, 2.05) is 61.2 Å². The molecule has 2 amide bonds. The summed E-state index contributed by atoms with van der Waals surface area (Å²) in [5.41, 5.74) is 5.21. The number of nitrogens with zero attached hydrogens (tertiary/aromatic N) is 3. The molecule has 0 saturated heterocycles. The van der Waals surface area contributed by atoms with Crippen LogP contribution in [-0.4, -0.2) is 33.0 Å². The average molecular weight is 402 g/mol. The van der Waals surface area contributed by atoms with E-state index in [1.54, 1.807) is 10.7 Å². The van der Waals surface area contributed by atoms with Crippen molar-refractivity contribution in [3.8, 4) is 0 Å². The molecule has 0 bridgehead atoms. The first-order valence-electron chi connectivity index (χ1n) is 10.3. The lowest BCUT2D eigenvalue weighted by molar-refractivity contribution is 0.0745. The van der Waals surface area contributed by atoms with Crippen LogP contribution in [0.1, 0.15) is 49.7 Å². The fourth-order valence-corrected chi connectivity index (χ4v) is 3.82. The molecule has 2 aromatic carbocycles. The summed E-state index contributed by atoms with van der Waals surface area (Å²) >= 11 is 0. The van der Waals surface area contributed by atoms with Gasteiger partial charge in [-0.05, 0) is 31.4 Å². The van der Waals surface area contributed by atoms with Gasteiger partial charge in [-0.3, -0.25) is 14.3 Å². The molecule has 0 unspecified atom stereocenters. The smallest absolute Gasteiger partial charge is 0.272 e. The van der Waals surface area contributed by atoms with Gasteiger partial charge in [-0.1, -0.05) is 59.7 Å². The minimum atomic E-state index is -0.268. The largest absolute Gasteiger partial charge is 0.347 e. The summed E-state index contributed by atoms with van der Waals surface area (Å²) in [4.78, 5) is 27.6. The van der Waals surface area contributed by atoms with Crippen molar-refractivity contribution < 1.29 is 9.59 Å². The minimum Gasteiger partial charge on any atom is -0.347 e. The van der Waals surface area contributed by atoms with Gasteiger partial charge in [0.2, 0.25) is 0 Å². The Balaban J connectivity index is 1.47. The molecule has 1 aromatic heterocycles. The molecule has 0 aliphatic carbocycles. The molecule has 0 atom stereocenters. The molecule has 0 radical (unpaired) electrons. The molecule has 30 heavy (non-hydrogen) atoms. The van der Waals surface area contributed by atoms with Crippen molar-refractivity contribution in [2.75, 3.05) is 6.54 Å². The Labute approximate surface area is 176 Å². The monoisotopic (exact) mass is 402 g/mol. The zero-order chi connectivity index (χ0) is 21.1. The first kappa shape index (κ1) is 19.9. The van der Waals surface area contributed by atoms with Gasteiger partial charge < -0.3 is 10.2 Å². The van der Waals surface area contributed by atoms with Crippen LogP contribution in [0.15, 0.2) is 54.6 Å². The van der Waals surface area contributed by atoms with Crippen LogP contribution in [0.25, 0.3) is 0 Å². The molecule has 0 spiro atoms. The van der Waals surface area contributed by atoms with Crippen LogP contribution in [0.4, 0.5) is 0 Å². The van der Waals surface area contributed by atoms with E-state index < -0.39 is 0 Å². The molecule has 1 aliphatic rings. The van der Waals surface area contributed by atoms with Crippen LogP contribution < -0.4 is 5.32 Å². The van der Waals surface area contributed by atoms with Gasteiger partial charge in [0.25, 0.3) is 11.8 Å². The zero-order valence-corrected chi connectivity index (χ0v) is 17.4. The number of hydrogen-bond donors (Lipinski definition) is 1. The third-order valence-electron chi connectivity index (χ3n) is 5.31. The predicted octanol–water partition coefficient (Wildman–Crippen LogP) is 3.48. The van der Waals surface area contributed by atoms with E-state index in [0.29, 0.717) is 31.9 Å². The number of amides is 2. The van der Waals surface area contributed by atoms with Crippen molar-refractivity contribution >= 4 is 11.8 Å². The first-order valence-corrected chi connectivity index (χ1v) is 10.3. The molecule has 1 N–H and O–H groups in total. The maximum absolute atomic E-state index is 13.1. The second-order valence-corrected chi connectivity index (χ2v) is 7.88. The summed E-state index contributed by atoms with van der Waals surface area (Å²) in [6.45, 7) is 6.34. The van der Waals surface area contributed by atoms with Gasteiger partial charge in [-0.2, -0.15) is 5.10 Å². The normalized spacial score (nSPS) is 13.7. The summed E-state index contributed by atoms with van der Waals surface area (Å²) in [5, 5.41) is 7.30. The topological polar surface area (TPSA) is 67.2 Å². The Hall–Kier alpha value is -3.41. The van der Waals surface area contributed by atoms with E-state index >= 15 is 0 Å². The standard InChI is InChI=1S/C24H26N4O2/c1-17-6-3-8-19(12-17)15-25-23(29)21-14-22-24(30)27(10-5-11-28(22)26-21)16-20-9-4-7-18(2)13-20/h3-4,6-9,12-14H,5,10-11,15-16H2,1-2H3,(H,25,29). The predicted molar refractivity (Wildman–Crippen MR) is 115 cm³/mol. The van der Waals surface area contributed by atoms with E-state index in [-0.39, 0.29) is 17.5 Å².